The van der Waals surface area contributed by atoms with E-state index in [2.05, 4.69) is 58.3 Å². The number of hydrogen-bond acceptors (Lipinski definition) is 4. The maximum atomic E-state index is 12.0. The first-order valence-corrected chi connectivity index (χ1v) is 8.66. The summed E-state index contributed by atoms with van der Waals surface area (Å²) in [5.74, 6) is -0.142. The molecule has 2 rings (SSSR count). The van der Waals surface area contributed by atoms with E-state index in [4.69, 9.17) is 4.74 Å². The number of phenols is 1. The number of phenolic OH excluding ortho intramolecular Hbond substituents is 1. The Morgan fingerprint density at radius 2 is 1.91 bits per heavy atom. The number of carbonyl (C=O) groups excluding carboxylic acids is 1. The summed E-state index contributed by atoms with van der Waals surface area (Å²) in [4.78, 5) is 12.0. The van der Waals surface area contributed by atoms with Crippen molar-refractivity contribution in [1.29, 1.82) is 0 Å². The molecule has 0 saturated carbocycles. The van der Waals surface area contributed by atoms with Crippen LogP contribution < -0.4 is 10.2 Å². The molecule has 0 bridgehead atoms. The average molecular weight is 507 g/mol. The Kier molecular flexibility index (Phi) is 6.20. The molecule has 23 heavy (non-hydrogen) atoms. The maximum Gasteiger partial charge on any atom is 0.271 e. The second-order valence-electron chi connectivity index (χ2n) is 4.34. The molecule has 0 aliphatic heterocycles. The fourth-order valence-electron chi connectivity index (χ4n) is 1.71. The second kappa shape index (κ2) is 7.94. The number of nitrogens with zero attached hydrogens (tertiary/aromatic N) is 1. The molecule has 0 aliphatic carbocycles. The van der Waals surface area contributed by atoms with Gasteiger partial charge in [0.05, 0.1) is 18.9 Å². The van der Waals surface area contributed by atoms with Crippen molar-refractivity contribution in [3.63, 3.8) is 0 Å². The van der Waals surface area contributed by atoms with E-state index in [0.29, 0.717) is 25.8 Å². The second-order valence-corrected chi connectivity index (χ2v) is 6.91. The zero-order valence-electron chi connectivity index (χ0n) is 11.8. The summed E-state index contributed by atoms with van der Waals surface area (Å²) in [6.07, 6.45) is 1.34. The van der Waals surface area contributed by atoms with E-state index in [0.717, 1.165) is 4.47 Å². The zero-order valence-corrected chi connectivity index (χ0v) is 16.6. The highest BCUT2D eigenvalue weighted by Crippen LogP contribution is 2.39. The highest BCUT2D eigenvalue weighted by molar-refractivity contribution is 9.13. The summed E-state index contributed by atoms with van der Waals surface area (Å²) in [6.45, 7) is 0. The largest absolute Gasteiger partial charge is 0.504 e. The van der Waals surface area contributed by atoms with Gasteiger partial charge >= 0.3 is 0 Å². The predicted molar refractivity (Wildman–Crippen MR) is 99.3 cm³/mol. The summed E-state index contributed by atoms with van der Waals surface area (Å²) < 4.78 is 7.24. The number of aromatic hydroxyl groups is 1. The van der Waals surface area contributed by atoms with Gasteiger partial charge in [0.2, 0.25) is 0 Å². The summed E-state index contributed by atoms with van der Waals surface area (Å²) in [7, 11) is 1.45. The monoisotopic (exact) mass is 504 g/mol. The number of methoxy groups -OCH3 is 1. The average Bonchev–Trinajstić information content (AvgIpc) is 2.54. The van der Waals surface area contributed by atoms with Gasteiger partial charge in [0.15, 0.2) is 11.5 Å². The van der Waals surface area contributed by atoms with Gasteiger partial charge < -0.3 is 9.84 Å². The zero-order chi connectivity index (χ0) is 17.0. The number of amides is 1. The number of ether oxygens (including phenoxy) is 1. The summed E-state index contributed by atoms with van der Waals surface area (Å²) >= 11 is 9.99. The summed E-state index contributed by atoms with van der Waals surface area (Å²) in [6, 6.07) is 8.49. The third-order valence-electron chi connectivity index (χ3n) is 2.88. The number of benzene rings is 2. The van der Waals surface area contributed by atoms with Crippen LogP contribution in [0.4, 0.5) is 0 Å². The molecule has 0 saturated heterocycles. The standard InChI is InChI=1S/C15H11Br3N2O3/c1-23-12-6-11(17)13(18)10(14(12)21)7-19-20-15(22)8-2-4-9(16)5-3-8/h2-7,21H,1H3,(H,20,22)/b19-7+. The van der Waals surface area contributed by atoms with E-state index in [1.54, 1.807) is 30.3 Å². The molecule has 0 spiro atoms. The fourth-order valence-corrected chi connectivity index (χ4v) is 2.80. The molecule has 2 aromatic carbocycles. The first-order chi connectivity index (χ1) is 10.9. The molecule has 0 heterocycles. The molecule has 0 atom stereocenters. The van der Waals surface area contributed by atoms with Crippen LogP contribution in [0, 0.1) is 0 Å². The smallest absolute Gasteiger partial charge is 0.271 e. The molecule has 2 N–H and O–H groups in total. The third kappa shape index (κ3) is 4.33. The van der Waals surface area contributed by atoms with Crippen molar-refractivity contribution < 1.29 is 14.6 Å². The molecule has 8 heteroatoms. The summed E-state index contributed by atoms with van der Waals surface area (Å²) in [5, 5.41) is 14.0. The van der Waals surface area contributed by atoms with Gasteiger partial charge in [-0.2, -0.15) is 5.10 Å². The van der Waals surface area contributed by atoms with E-state index >= 15 is 0 Å². The third-order valence-corrected chi connectivity index (χ3v) is 5.42. The van der Waals surface area contributed by atoms with Gasteiger partial charge in [0.25, 0.3) is 5.91 Å². The molecular weight excluding hydrogens is 496 g/mol. The van der Waals surface area contributed by atoms with Crippen molar-refractivity contribution in [3.8, 4) is 11.5 Å². The molecular formula is C15H11Br3N2O3. The Hall–Kier alpha value is -1.38. The van der Waals surface area contributed by atoms with E-state index in [-0.39, 0.29) is 11.7 Å². The molecule has 120 valence electrons. The van der Waals surface area contributed by atoms with E-state index in [9.17, 15) is 9.90 Å². The SMILES string of the molecule is COc1cc(Br)c(Br)c(/C=N/NC(=O)c2ccc(Br)cc2)c1O. The number of hydrogen-bond donors (Lipinski definition) is 2. The van der Waals surface area contributed by atoms with Crippen LogP contribution in [-0.4, -0.2) is 24.3 Å². The number of hydrazone groups is 1. The molecule has 0 unspecified atom stereocenters. The molecule has 0 fully saturated rings. The Morgan fingerprint density at radius 1 is 1.26 bits per heavy atom. The molecule has 0 aliphatic rings. The number of rotatable bonds is 4. The van der Waals surface area contributed by atoms with Crippen LogP contribution in [0.3, 0.4) is 0 Å². The van der Waals surface area contributed by atoms with Crippen molar-refractivity contribution in [1.82, 2.24) is 5.43 Å². The number of nitrogens with one attached hydrogen (secondary N) is 1. The van der Waals surface area contributed by atoms with Crippen molar-refractivity contribution in [2.45, 2.75) is 0 Å². The van der Waals surface area contributed by atoms with Crippen LogP contribution in [0.25, 0.3) is 0 Å². The van der Waals surface area contributed by atoms with Crippen LogP contribution in [0.1, 0.15) is 15.9 Å². The Bertz CT molecular complexity index is 762. The van der Waals surface area contributed by atoms with Gasteiger partial charge in [-0.1, -0.05) is 15.9 Å². The lowest BCUT2D eigenvalue weighted by molar-refractivity contribution is 0.0955. The normalized spacial score (nSPS) is 10.8. The number of halogens is 3. The minimum Gasteiger partial charge on any atom is -0.504 e. The molecule has 5 nitrogen and oxygen atoms in total. The lowest BCUT2D eigenvalue weighted by Gasteiger charge is -2.09. The van der Waals surface area contributed by atoms with Gasteiger partial charge in [-0.25, -0.2) is 5.43 Å². The van der Waals surface area contributed by atoms with Crippen LogP contribution in [0.2, 0.25) is 0 Å². The predicted octanol–water partition coefficient (Wildman–Crippen LogP) is 4.45. The van der Waals surface area contributed by atoms with Crippen LogP contribution >= 0.6 is 47.8 Å². The van der Waals surface area contributed by atoms with Crippen molar-refractivity contribution in [2.24, 2.45) is 5.10 Å². The highest BCUT2D eigenvalue weighted by Gasteiger charge is 2.14. The topological polar surface area (TPSA) is 70.9 Å². The van der Waals surface area contributed by atoms with Gasteiger partial charge in [-0.15, -0.1) is 0 Å². The fraction of sp³-hybridized carbons (Fsp3) is 0.0667. The van der Waals surface area contributed by atoms with Crippen LogP contribution in [0.15, 0.2) is 48.9 Å². The summed E-state index contributed by atoms with van der Waals surface area (Å²) in [5.41, 5.74) is 3.26. The van der Waals surface area contributed by atoms with Gasteiger partial charge in [0, 0.05) is 19.0 Å². The maximum absolute atomic E-state index is 12.0. The molecule has 2 aromatic rings. The van der Waals surface area contributed by atoms with Crippen molar-refractivity contribution >= 4 is 59.9 Å². The van der Waals surface area contributed by atoms with Gasteiger partial charge in [-0.3, -0.25) is 4.79 Å². The van der Waals surface area contributed by atoms with Crippen molar-refractivity contribution in [3.05, 3.63) is 54.9 Å². The quantitative estimate of drug-likeness (QED) is 0.475. The minimum atomic E-state index is -0.355. The van der Waals surface area contributed by atoms with E-state index < -0.39 is 0 Å². The first-order valence-electron chi connectivity index (χ1n) is 6.28. The lowest BCUT2D eigenvalue weighted by atomic mass is 10.2. The first kappa shape index (κ1) is 18.0. The number of carbonyl (C=O) groups is 1. The Labute approximate surface area is 158 Å². The Balaban J connectivity index is 2.19. The molecule has 0 aromatic heterocycles. The molecule has 0 radical (unpaired) electrons. The van der Waals surface area contributed by atoms with E-state index in [1.165, 1.54) is 13.3 Å². The van der Waals surface area contributed by atoms with E-state index in [1.807, 2.05) is 0 Å². The minimum absolute atomic E-state index is 0.0794. The van der Waals surface area contributed by atoms with Gasteiger partial charge in [-0.05, 0) is 62.2 Å². The van der Waals surface area contributed by atoms with Crippen LogP contribution in [0.5, 0.6) is 11.5 Å². The molecule has 1 amide bonds. The van der Waals surface area contributed by atoms with Crippen LogP contribution in [-0.2, 0) is 0 Å². The van der Waals surface area contributed by atoms with Gasteiger partial charge in [0.1, 0.15) is 0 Å². The highest BCUT2D eigenvalue weighted by atomic mass is 79.9. The lowest BCUT2D eigenvalue weighted by Crippen LogP contribution is -2.17. The van der Waals surface area contributed by atoms with Crippen molar-refractivity contribution in [2.75, 3.05) is 7.11 Å². The Morgan fingerprint density at radius 3 is 2.52 bits per heavy atom.